The van der Waals surface area contributed by atoms with Crippen molar-refractivity contribution in [1.82, 2.24) is 4.90 Å². The number of rotatable bonds is 3. The van der Waals surface area contributed by atoms with Crippen LogP contribution in [-0.2, 0) is 20.9 Å². The third-order valence-electron chi connectivity index (χ3n) is 3.48. The maximum atomic E-state index is 11.9. The second-order valence-electron chi connectivity index (χ2n) is 4.99. The van der Waals surface area contributed by atoms with Crippen molar-refractivity contribution in [1.29, 1.82) is 0 Å². The molecule has 22 heavy (non-hydrogen) atoms. The SMILES string of the molecule is O=C(O)OC(=O)C1CCN(C(=O)OCc2ccccc2)CC1. The maximum absolute atomic E-state index is 11.9. The second kappa shape index (κ2) is 7.44. The zero-order valence-corrected chi connectivity index (χ0v) is 11.9. The van der Waals surface area contributed by atoms with Crippen LogP contribution in [-0.4, -0.2) is 41.3 Å². The van der Waals surface area contributed by atoms with Crippen molar-refractivity contribution in [3.05, 3.63) is 35.9 Å². The molecular formula is C15H17NO6. The van der Waals surface area contributed by atoms with Gasteiger partial charge in [0.2, 0.25) is 0 Å². The quantitative estimate of drug-likeness (QED) is 0.680. The number of carbonyl (C=O) groups excluding carboxylic acids is 2. The van der Waals surface area contributed by atoms with E-state index >= 15 is 0 Å². The van der Waals surface area contributed by atoms with Crippen LogP contribution in [0.5, 0.6) is 0 Å². The first-order valence-corrected chi connectivity index (χ1v) is 6.96. The Kier molecular flexibility index (Phi) is 5.35. The van der Waals surface area contributed by atoms with Crippen LogP contribution < -0.4 is 0 Å². The zero-order chi connectivity index (χ0) is 15.9. The van der Waals surface area contributed by atoms with Crippen LogP contribution in [0.4, 0.5) is 9.59 Å². The van der Waals surface area contributed by atoms with Gasteiger partial charge in [-0.1, -0.05) is 30.3 Å². The van der Waals surface area contributed by atoms with Crippen molar-refractivity contribution in [2.45, 2.75) is 19.4 Å². The van der Waals surface area contributed by atoms with Gasteiger partial charge in [0.05, 0.1) is 5.92 Å². The van der Waals surface area contributed by atoms with E-state index in [1.54, 1.807) is 0 Å². The molecule has 1 saturated heterocycles. The molecule has 1 amide bonds. The Morgan fingerprint density at radius 2 is 1.77 bits per heavy atom. The van der Waals surface area contributed by atoms with Gasteiger partial charge in [0.15, 0.2) is 0 Å². The molecule has 7 nitrogen and oxygen atoms in total. The van der Waals surface area contributed by atoms with Crippen molar-refractivity contribution < 1.29 is 29.0 Å². The van der Waals surface area contributed by atoms with E-state index in [-0.39, 0.29) is 6.61 Å². The summed E-state index contributed by atoms with van der Waals surface area (Å²) in [4.78, 5) is 35.2. The molecule has 7 heteroatoms. The van der Waals surface area contributed by atoms with Crippen LogP contribution in [0.3, 0.4) is 0 Å². The van der Waals surface area contributed by atoms with Crippen LogP contribution in [0, 0.1) is 5.92 Å². The lowest BCUT2D eigenvalue weighted by Crippen LogP contribution is -2.41. The van der Waals surface area contributed by atoms with Crippen LogP contribution in [0.15, 0.2) is 30.3 Å². The third-order valence-corrected chi connectivity index (χ3v) is 3.48. The smallest absolute Gasteiger partial charge is 0.449 e. The summed E-state index contributed by atoms with van der Waals surface area (Å²) in [5, 5.41) is 8.41. The molecule has 0 aliphatic carbocycles. The van der Waals surface area contributed by atoms with Gasteiger partial charge in [-0.2, -0.15) is 0 Å². The Bertz CT molecular complexity index is 536. The molecule has 0 atom stereocenters. The lowest BCUT2D eigenvalue weighted by Gasteiger charge is -2.29. The minimum atomic E-state index is -1.60. The highest BCUT2D eigenvalue weighted by Crippen LogP contribution is 2.19. The van der Waals surface area contributed by atoms with Crippen LogP contribution in [0.25, 0.3) is 0 Å². The van der Waals surface area contributed by atoms with E-state index < -0.39 is 24.1 Å². The molecule has 0 aromatic heterocycles. The van der Waals surface area contributed by atoms with Gasteiger partial charge in [0.1, 0.15) is 6.61 Å². The summed E-state index contributed by atoms with van der Waals surface area (Å²) >= 11 is 0. The Labute approximate surface area is 127 Å². The highest BCUT2D eigenvalue weighted by molar-refractivity contribution is 5.82. The van der Waals surface area contributed by atoms with Crippen LogP contribution >= 0.6 is 0 Å². The predicted octanol–water partition coefficient (Wildman–Crippen LogP) is 2.26. The van der Waals surface area contributed by atoms with E-state index in [4.69, 9.17) is 9.84 Å². The number of hydrogen-bond acceptors (Lipinski definition) is 5. The Morgan fingerprint density at radius 1 is 1.14 bits per heavy atom. The number of carbonyl (C=O) groups is 3. The molecule has 0 unspecified atom stereocenters. The molecule has 1 aliphatic heterocycles. The zero-order valence-electron chi connectivity index (χ0n) is 11.9. The van der Waals surface area contributed by atoms with Gasteiger partial charge >= 0.3 is 18.2 Å². The Morgan fingerprint density at radius 3 is 2.36 bits per heavy atom. The normalized spacial score (nSPS) is 15.2. The Balaban J connectivity index is 1.75. The first kappa shape index (κ1) is 15.8. The Hall–Kier alpha value is -2.57. The number of carboxylic acid groups (broad SMARTS) is 1. The van der Waals surface area contributed by atoms with Gasteiger partial charge in [0, 0.05) is 13.1 Å². The average Bonchev–Trinajstić information content (AvgIpc) is 2.53. The number of esters is 1. The fraction of sp³-hybridized carbons (Fsp3) is 0.400. The summed E-state index contributed by atoms with van der Waals surface area (Å²) in [5.74, 6) is -1.25. The molecule has 0 radical (unpaired) electrons. The van der Waals surface area contributed by atoms with Crippen molar-refractivity contribution in [3.63, 3.8) is 0 Å². The van der Waals surface area contributed by atoms with Crippen LogP contribution in [0.2, 0.25) is 0 Å². The minimum Gasteiger partial charge on any atom is -0.449 e. The third kappa shape index (κ3) is 4.47. The van der Waals surface area contributed by atoms with Gasteiger partial charge in [0.25, 0.3) is 0 Å². The van der Waals surface area contributed by atoms with E-state index in [1.807, 2.05) is 30.3 Å². The monoisotopic (exact) mass is 307 g/mol. The molecular weight excluding hydrogens is 290 g/mol. The molecule has 1 N–H and O–H groups in total. The highest BCUT2D eigenvalue weighted by atomic mass is 16.7. The highest BCUT2D eigenvalue weighted by Gasteiger charge is 2.30. The van der Waals surface area contributed by atoms with Gasteiger partial charge in [-0.3, -0.25) is 4.79 Å². The van der Waals surface area contributed by atoms with Crippen molar-refractivity contribution in [3.8, 4) is 0 Å². The summed E-state index contributed by atoms with van der Waals surface area (Å²) in [5.41, 5.74) is 0.899. The molecule has 2 rings (SSSR count). The number of hydrogen-bond donors (Lipinski definition) is 1. The molecule has 1 fully saturated rings. The van der Waals surface area contributed by atoms with Gasteiger partial charge in [-0.25, -0.2) is 9.59 Å². The van der Waals surface area contributed by atoms with Gasteiger partial charge in [-0.05, 0) is 18.4 Å². The minimum absolute atomic E-state index is 0.195. The number of likely N-dealkylation sites (tertiary alicyclic amines) is 1. The topological polar surface area (TPSA) is 93.1 Å². The molecule has 118 valence electrons. The lowest BCUT2D eigenvalue weighted by atomic mass is 9.97. The van der Waals surface area contributed by atoms with Crippen LogP contribution in [0.1, 0.15) is 18.4 Å². The molecule has 1 aliphatic rings. The number of piperidine rings is 1. The fourth-order valence-electron chi connectivity index (χ4n) is 2.28. The van der Waals surface area contributed by atoms with E-state index in [9.17, 15) is 14.4 Å². The number of ether oxygens (including phenoxy) is 2. The molecule has 1 aromatic carbocycles. The van der Waals surface area contributed by atoms with E-state index in [0.29, 0.717) is 25.9 Å². The second-order valence-corrected chi connectivity index (χ2v) is 4.99. The molecule has 0 saturated carbocycles. The molecule has 1 heterocycles. The molecule has 0 bridgehead atoms. The standard InChI is InChI=1S/C15H17NO6/c17-13(22-15(19)20)12-6-8-16(9-7-12)14(18)21-10-11-4-2-1-3-5-11/h1-5,12H,6-10H2,(H,19,20). The predicted molar refractivity (Wildman–Crippen MR) is 75.0 cm³/mol. The number of nitrogens with zero attached hydrogens (tertiary/aromatic N) is 1. The summed E-state index contributed by atoms with van der Waals surface area (Å²) in [6.45, 7) is 0.876. The molecule has 0 spiro atoms. The fourth-order valence-corrected chi connectivity index (χ4v) is 2.28. The summed E-state index contributed by atoms with van der Waals surface area (Å²) in [6.07, 6.45) is -1.30. The van der Waals surface area contributed by atoms with Crippen molar-refractivity contribution >= 4 is 18.2 Å². The summed E-state index contributed by atoms with van der Waals surface area (Å²) in [6, 6.07) is 9.33. The molecule has 1 aromatic rings. The summed E-state index contributed by atoms with van der Waals surface area (Å²) in [7, 11) is 0. The summed E-state index contributed by atoms with van der Waals surface area (Å²) < 4.78 is 9.34. The van der Waals surface area contributed by atoms with Crippen molar-refractivity contribution in [2.75, 3.05) is 13.1 Å². The number of amides is 1. The van der Waals surface area contributed by atoms with E-state index in [1.165, 1.54) is 4.90 Å². The van der Waals surface area contributed by atoms with Crippen molar-refractivity contribution in [2.24, 2.45) is 5.92 Å². The van der Waals surface area contributed by atoms with E-state index in [0.717, 1.165) is 5.56 Å². The maximum Gasteiger partial charge on any atom is 0.513 e. The van der Waals surface area contributed by atoms with E-state index in [2.05, 4.69) is 4.74 Å². The lowest BCUT2D eigenvalue weighted by molar-refractivity contribution is -0.145. The number of benzene rings is 1. The largest absolute Gasteiger partial charge is 0.513 e. The first-order valence-electron chi connectivity index (χ1n) is 6.96. The average molecular weight is 307 g/mol. The first-order chi connectivity index (χ1) is 10.6. The van der Waals surface area contributed by atoms with Gasteiger partial charge in [-0.15, -0.1) is 0 Å². The van der Waals surface area contributed by atoms with Gasteiger partial charge < -0.3 is 19.5 Å².